The summed E-state index contributed by atoms with van der Waals surface area (Å²) in [5, 5.41) is 8.67. The first-order valence-corrected chi connectivity index (χ1v) is 6.96. The standard InChI is InChI=1S/C9H19NO4S/c1-4-8(2)10(7-9(11)12)5-6-15(3,13)14/h8H,4-7H2,1-3H3,(H,11,12). The van der Waals surface area contributed by atoms with Gasteiger partial charge in [-0.1, -0.05) is 6.92 Å². The Morgan fingerprint density at radius 1 is 1.47 bits per heavy atom. The second-order valence-electron chi connectivity index (χ2n) is 3.75. The molecule has 15 heavy (non-hydrogen) atoms. The van der Waals surface area contributed by atoms with Crippen molar-refractivity contribution in [2.75, 3.05) is 25.1 Å². The monoisotopic (exact) mass is 237 g/mol. The third-order valence-electron chi connectivity index (χ3n) is 2.30. The molecule has 5 nitrogen and oxygen atoms in total. The summed E-state index contributed by atoms with van der Waals surface area (Å²) < 4.78 is 21.9. The largest absolute Gasteiger partial charge is 0.480 e. The SMILES string of the molecule is CCC(C)N(CCS(C)(=O)=O)CC(=O)O. The molecule has 1 atom stereocenters. The zero-order valence-electron chi connectivity index (χ0n) is 9.43. The van der Waals surface area contributed by atoms with Crippen LogP contribution in [-0.2, 0) is 14.6 Å². The van der Waals surface area contributed by atoms with E-state index in [0.29, 0.717) is 0 Å². The van der Waals surface area contributed by atoms with Crippen molar-refractivity contribution in [3.63, 3.8) is 0 Å². The van der Waals surface area contributed by atoms with Gasteiger partial charge in [0.1, 0.15) is 9.84 Å². The van der Waals surface area contributed by atoms with E-state index < -0.39 is 15.8 Å². The highest BCUT2D eigenvalue weighted by Crippen LogP contribution is 2.03. The Labute approximate surface area is 91.0 Å². The number of carboxylic acid groups (broad SMARTS) is 1. The molecule has 0 radical (unpaired) electrons. The molecule has 0 aromatic heterocycles. The van der Waals surface area contributed by atoms with Gasteiger partial charge >= 0.3 is 5.97 Å². The van der Waals surface area contributed by atoms with Gasteiger partial charge in [-0.2, -0.15) is 0 Å². The van der Waals surface area contributed by atoms with Crippen molar-refractivity contribution in [3.8, 4) is 0 Å². The molecule has 0 aliphatic carbocycles. The summed E-state index contributed by atoms with van der Waals surface area (Å²) in [5.41, 5.74) is 0. The zero-order chi connectivity index (χ0) is 12.1. The van der Waals surface area contributed by atoms with Crippen molar-refractivity contribution in [3.05, 3.63) is 0 Å². The molecule has 0 bridgehead atoms. The average Bonchev–Trinajstić information content (AvgIpc) is 2.09. The Morgan fingerprint density at radius 2 is 2.00 bits per heavy atom. The molecule has 0 aromatic carbocycles. The van der Waals surface area contributed by atoms with Gasteiger partial charge < -0.3 is 5.11 Å². The van der Waals surface area contributed by atoms with Crippen LogP contribution in [0.15, 0.2) is 0 Å². The van der Waals surface area contributed by atoms with Gasteiger partial charge in [0.15, 0.2) is 0 Å². The fourth-order valence-corrected chi connectivity index (χ4v) is 1.74. The van der Waals surface area contributed by atoms with E-state index in [1.54, 1.807) is 4.90 Å². The van der Waals surface area contributed by atoms with E-state index in [4.69, 9.17) is 5.11 Å². The molecule has 0 fully saturated rings. The molecule has 90 valence electrons. The Morgan fingerprint density at radius 3 is 2.33 bits per heavy atom. The van der Waals surface area contributed by atoms with Crippen LogP contribution < -0.4 is 0 Å². The van der Waals surface area contributed by atoms with Crippen LogP contribution in [-0.4, -0.2) is 55.5 Å². The first kappa shape index (κ1) is 14.4. The van der Waals surface area contributed by atoms with Crippen LogP contribution in [0.2, 0.25) is 0 Å². The Bertz CT molecular complexity index is 299. The third-order valence-corrected chi connectivity index (χ3v) is 3.23. The van der Waals surface area contributed by atoms with Crippen LogP contribution in [0.4, 0.5) is 0 Å². The van der Waals surface area contributed by atoms with Crippen molar-refractivity contribution in [1.29, 1.82) is 0 Å². The topological polar surface area (TPSA) is 74.7 Å². The number of rotatable bonds is 7. The molecule has 0 aliphatic rings. The van der Waals surface area contributed by atoms with Crippen molar-refractivity contribution in [2.24, 2.45) is 0 Å². The van der Waals surface area contributed by atoms with E-state index in [1.807, 2.05) is 13.8 Å². The number of hydrogen-bond donors (Lipinski definition) is 1. The van der Waals surface area contributed by atoms with Gasteiger partial charge in [0.25, 0.3) is 0 Å². The van der Waals surface area contributed by atoms with Crippen LogP contribution in [0, 0.1) is 0 Å². The van der Waals surface area contributed by atoms with Crippen molar-refractivity contribution in [2.45, 2.75) is 26.3 Å². The molecule has 1 unspecified atom stereocenters. The highest BCUT2D eigenvalue weighted by Gasteiger charge is 2.17. The van der Waals surface area contributed by atoms with Crippen LogP contribution in [0.25, 0.3) is 0 Å². The smallest absolute Gasteiger partial charge is 0.317 e. The minimum absolute atomic E-state index is 0.00458. The van der Waals surface area contributed by atoms with Crippen LogP contribution in [0.5, 0.6) is 0 Å². The molecule has 0 rings (SSSR count). The predicted molar refractivity (Wildman–Crippen MR) is 58.7 cm³/mol. The number of sulfone groups is 1. The molecule has 0 amide bonds. The lowest BCUT2D eigenvalue weighted by Gasteiger charge is -2.26. The Balaban J connectivity index is 4.31. The zero-order valence-corrected chi connectivity index (χ0v) is 10.2. The van der Waals surface area contributed by atoms with Gasteiger partial charge in [0.2, 0.25) is 0 Å². The Kier molecular flexibility index (Phi) is 5.82. The molecule has 0 aliphatic heterocycles. The van der Waals surface area contributed by atoms with E-state index in [2.05, 4.69) is 0 Å². The highest BCUT2D eigenvalue weighted by atomic mass is 32.2. The lowest BCUT2D eigenvalue weighted by atomic mass is 10.2. The number of carboxylic acids is 1. The average molecular weight is 237 g/mol. The molecule has 0 aromatic rings. The molecule has 0 heterocycles. The van der Waals surface area contributed by atoms with Crippen molar-refractivity contribution in [1.82, 2.24) is 4.90 Å². The molecule has 0 spiro atoms. The molecule has 0 saturated heterocycles. The summed E-state index contributed by atoms with van der Waals surface area (Å²) in [7, 11) is -3.03. The molecular weight excluding hydrogens is 218 g/mol. The van der Waals surface area contributed by atoms with Crippen LogP contribution >= 0.6 is 0 Å². The van der Waals surface area contributed by atoms with Crippen molar-refractivity contribution >= 4 is 15.8 Å². The lowest BCUT2D eigenvalue weighted by Crippen LogP contribution is -2.39. The van der Waals surface area contributed by atoms with E-state index in [9.17, 15) is 13.2 Å². The maximum atomic E-state index is 11.0. The second kappa shape index (κ2) is 6.07. The molecule has 6 heteroatoms. The molecule has 1 N–H and O–H groups in total. The van der Waals surface area contributed by atoms with E-state index in [-0.39, 0.29) is 24.9 Å². The predicted octanol–water partition coefficient (Wildman–Crippen LogP) is 0.216. The minimum atomic E-state index is -3.03. The van der Waals surface area contributed by atoms with Gasteiger partial charge in [0.05, 0.1) is 12.3 Å². The molecular formula is C9H19NO4S. The van der Waals surface area contributed by atoms with Gasteiger partial charge in [0, 0.05) is 18.8 Å². The first-order chi connectivity index (χ1) is 6.76. The molecule has 0 saturated carbocycles. The third kappa shape index (κ3) is 7.33. The maximum absolute atomic E-state index is 11.0. The lowest BCUT2D eigenvalue weighted by molar-refractivity contribution is -0.138. The van der Waals surface area contributed by atoms with Crippen molar-refractivity contribution < 1.29 is 18.3 Å². The Hall–Kier alpha value is -0.620. The van der Waals surface area contributed by atoms with Gasteiger partial charge in [-0.15, -0.1) is 0 Å². The first-order valence-electron chi connectivity index (χ1n) is 4.89. The fraction of sp³-hybridized carbons (Fsp3) is 0.889. The summed E-state index contributed by atoms with van der Waals surface area (Å²) in [6, 6.07) is 0.0860. The van der Waals surface area contributed by atoms with Gasteiger partial charge in [-0.3, -0.25) is 9.69 Å². The normalized spacial score (nSPS) is 14.1. The van der Waals surface area contributed by atoms with E-state index >= 15 is 0 Å². The minimum Gasteiger partial charge on any atom is -0.480 e. The number of carbonyl (C=O) groups is 1. The summed E-state index contributed by atoms with van der Waals surface area (Å²) in [6.45, 7) is 4.01. The highest BCUT2D eigenvalue weighted by molar-refractivity contribution is 7.90. The number of nitrogens with zero attached hydrogens (tertiary/aromatic N) is 1. The number of aliphatic carboxylic acids is 1. The maximum Gasteiger partial charge on any atom is 0.317 e. The second-order valence-corrected chi connectivity index (χ2v) is 6.01. The summed E-state index contributed by atoms with van der Waals surface area (Å²) >= 11 is 0. The van der Waals surface area contributed by atoms with Crippen LogP contribution in [0.1, 0.15) is 20.3 Å². The van der Waals surface area contributed by atoms with Gasteiger partial charge in [-0.05, 0) is 13.3 Å². The summed E-state index contributed by atoms with van der Waals surface area (Å²) in [4.78, 5) is 12.2. The van der Waals surface area contributed by atoms with E-state index in [0.717, 1.165) is 12.7 Å². The summed E-state index contributed by atoms with van der Waals surface area (Å²) in [5.74, 6) is -0.922. The number of hydrogen-bond acceptors (Lipinski definition) is 4. The quantitative estimate of drug-likeness (QED) is 0.685. The van der Waals surface area contributed by atoms with E-state index in [1.165, 1.54) is 0 Å². The fourth-order valence-electron chi connectivity index (χ4n) is 1.17. The van der Waals surface area contributed by atoms with Gasteiger partial charge in [-0.25, -0.2) is 8.42 Å². The van der Waals surface area contributed by atoms with Crippen LogP contribution in [0.3, 0.4) is 0 Å². The summed E-state index contributed by atoms with van der Waals surface area (Å²) in [6.07, 6.45) is 1.96.